The molecule has 1 aliphatic heterocycles. The van der Waals surface area contributed by atoms with Crippen molar-refractivity contribution in [2.24, 2.45) is 0 Å². The van der Waals surface area contributed by atoms with E-state index in [9.17, 15) is 9.90 Å². The van der Waals surface area contributed by atoms with Crippen LogP contribution >= 0.6 is 15.9 Å². The lowest BCUT2D eigenvalue weighted by Gasteiger charge is -2.20. The zero-order valence-corrected chi connectivity index (χ0v) is 11.2. The smallest absolute Gasteiger partial charge is 0.407 e. The highest BCUT2D eigenvalue weighted by molar-refractivity contribution is 9.10. The standard InChI is InChI=1S/C11H12BrNO5/c1-13(11(15)16)4-7(14)9-6(12)2-3-8-10(9)18-5-17-8/h2-3,7,14H,4-5H2,1H3,(H,15,16). The fourth-order valence-electron chi connectivity index (χ4n) is 1.71. The summed E-state index contributed by atoms with van der Waals surface area (Å²) in [6.07, 6.45) is -2.09. The first-order chi connectivity index (χ1) is 8.50. The number of aliphatic hydroxyl groups is 1. The summed E-state index contributed by atoms with van der Waals surface area (Å²) in [5, 5.41) is 18.9. The molecule has 0 fully saturated rings. The lowest BCUT2D eigenvalue weighted by atomic mass is 10.1. The van der Waals surface area contributed by atoms with Gasteiger partial charge < -0.3 is 24.6 Å². The second-order valence-electron chi connectivity index (χ2n) is 3.87. The summed E-state index contributed by atoms with van der Waals surface area (Å²) in [6, 6.07) is 3.45. The maximum Gasteiger partial charge on any atom is 0.407 e. The van der Waals surface area contributed by atoms with E-state index in [4.69, 9.17) is 14.6 Å². The summed E-state index contributed by atoms with van der Waals surface area (Å²) in [7, 11) is 1.39. The molecule has 1 amide bonds. The number of rotatable bonds is 3. The van der Waals surface area contributed by atoms with Crippen LogP contribution in [0.4, 0.5) is 4.79 Å². The molecule has 1 heterocycles. The van der Waals surface area contributed by atoms with Crippen LogP contribution in [0.5, 0.6) is 11.5 Å². The number of aliphatic hydroxyl groups excluding tert-OH is 1. The van der Waals surface area contributed by atoms with E-state index in [-0.39, 0.29) is 13.3 Å². The summed E-state index contributed by atoms with van der Waals surface area (Å²) < 4.78 is 11.2. The number of benzene rings is 1. The Morgan fingerprint density at radius 2 is 2.28 bits per heavy atom. The van der Waals surface area contributed by atoms with Gasteiger partial charge in [0.15, 0.2) is 11.5 Å². The zero-order chi connectivity index (χ0) is 13.3. The third kappa shape index (κ3) is 2.37. The Hall–Kier alpha value is -1.47. The van der Waals surface area contributed by atoms with Gasteiger partial charge in [0, 0.05) is 17.1 Å². The number of nitrogens with zero attached hydrogens (tertiary/aromatic N) is 1. The van der Waals surface area contributed by atoms with E-state index in [1.807, 2.05) is 0 Å². The third-order valence-electron chi connectivity index (χ3n) is 2.63. The lowest BCUT2D eigenvalue weighted by molar-refractivity contribution is 0.105. The molecule has 2 rings (SSSR count). The van der Waals surface area contributed by atoms with Gasteiger partial charge in [0.2, 0.25) is 6.79 Å². The molecule has 0 saturated carbocycles. The van der Waals surface area contributed by atoms with Crippen molar-refractivity contribution >= 4 is 22.0 Å². The Morgan fingerprint density at radius 3 is 2.94 bits per heavy atom. The molecule has 0 radical (unpaired) electrons. The second kappa shape index (κ2) is 5.03. The third-order valence-corrected chi connectivity index (χ3v) is 3.32. The number of carboxylic acid groups (broad SMARTS) is 1. The van der Waals surface area contributed by atoms with Crippen LogP contribution in [0, 0.1) is 0 Å². The van der Waals surface area contributed by atoms with Crippen molar-refractivity contribution in [1.82, 2.24) is 4.90 Å². The van der Waals surface area contributed by atoms with Crippen LogP contribution in [0.15, 0.2) is 16.6 Å². The van der Waals surface area contributed by atoms with E-state index in [2.05, 4.69) is 15.9 Å². The van der Waals surface area contributed by atoms with Crippen molar-refractivity contribution in [1.29, 1.82) is 0 Å². The van der Waals surface area contributed by atoms with Crippen molar-refractivity contribution in [3.63, 3.8) is 0 Å². The molecule has 1 atom stereocenters. The van der Waals surface area contributed by atoms with Gasteiger partial charge in [-0.3, -0.25) is 0 Å². The van der Waals surface area contributed by atoms with Crippen molar-refractivity contribution in [3.8, 4) is 11.5 Å². The first kappa shape index (κ1) is 13.0. The van der Waals surface area contributed by atoms with E-state index >= 15 is 0 Å². The Morgan fingerprint density at radius 1 is 1.56 bits per heavy atom. The van der Waals surface area contributed by atoms with Gasteiger partial charge in [0.25, 0.3) is 0 Å². The average Bonchev–Trinajstić information content (AvgIpc) is 2.76. The van der Waals surface area contributed by atoms with Gasteiger partial charge in [-0.1, -0.05) is 15.9 Å². The average molecular weight is 318 g/mol. The minimum atomic E-state index is -1.10. The monoisotopic (exact) mass is 317 g/mol. The van der Waals surface area contributed by atoms with Crippen LogP contribution in [0.25, 0.3) is 0 Å². The SMILES string of the molecule is CN(CC(O)c1c(Br)ccc2c1OCO2)C(=O)O. The predicted molar refractivity (Wildman–Crippen MR) is 65.9 cm³/mol. The molecule has 1 aromatic carbocycles. The molecular formula is C11H12BrNO5. The molecule has 0 aliphatic carbocycles. The molecule has 6 nitrogen and oxygen atoms in total. The predicted octanol–water partition coefficient (Wildman–Crippen LogP) is 1.82. The molecule has 0 spiro atoms. The molecule has 0 bridgehead atoms. The highest BCUT2D eigenvalue weighted by Crippen LogP contribution is 2.42. The van der Waals surface area contributed by atoms with Gasteiger partial charge in [-0.2, -0.15) is 0 Å². The quantitative estimate of drug-likeness (QED) is 0.889. The summed E-state index contributed by atoms with van der Waals surface area (Å²) in [6.45, 7) is 0.0496. The molecule has 0 saturated heterocycles. The normalized spacial score (nSPS) is 14.4. The number of likely N-dealkylation sites (N-methyl/N-ethyl adjacent to an activating group) is 1. The zero-order valence-electron chi connectivity index (χ0n) is 9.59. The van der Waals surface area contributed by atoms with E-state index in [1.165, 1.54) is 7.05 Å². The minimum Gasteiger partial charge on any atom is -0.465 e. The number of carbonyl (C=O) groups is 1. The Labute approximate surface area is 112 Å². The van der Waals surface area contributed by atoms with Crippen molar-refractivity contribution in [2.45, 2.75) is 6.10 Å². The van der Waals surface area contributed by atoms with Gasteiger partial charge in [-0.25, -0.2) is 4.79 Å². The Kier molecular flexibility index (Phi) is 3.63. The van der Waals surface area contributed by atoms with Crippen LogP contribution in [0.3, 0.4) is 0 Å². The summed E-state index contributed by atoms with van der Waals surface area (Å²) >= 11 is 3.32. The molecule has 1 aliphatic rings. The van der Waals surface area contributed by atoms with E-state index in [1.54, 1.807) is 12.1 Å². The molecule has 0 aromatic heterocycles. The van der Waals surface area contributed by atoms with Crippen LogP contribution < -0.4 is 9.47 Å². The highest BCUT2D eigenvalue weighted by atomic mass is 79.9. The molecular weight excluding hydrogens is 306 g/mol. The topological polar surface area (TPSA) is 79.2 Å². The molecule has 1 unspecified atom stereocenters. The van der Waals surface area contributed by atoms with E-state index in [0.717, 1.165) is 4.90 Å². The lowest BCUT2D eigenvalue weighted by Crippen LogP contribution is -2.29. The largest absolute Gasteiger partial charge is 0.465 e. The van der Waals surface area contributed by atoms with Gasteiger partial charge in [-0.15, -0.1) is 0 Å². The first-order valence-electron chi connectivity index (χ1n) is 5.21. The maximum atomic E-state index is 10.7. The van der Waals surface area contributed by atoms with Gasteiger partial charge >= 0.3 is 6.09 Å². The number of fused-ring (bicyclic) bond motifs is 1. The summed E-state index contributed by atoms with van der Waals surface area (Å²) in [5.41, 5.74) is 0.498. The number of halogens is 1. The maximum absolute atomic E-state index is 10.7. The number of hydrogen-bond donors (Lipinski definition) is 2. The Balaban J connectivity index is 2.27. The van der Waals surface area contributed by atoms with Gasteiger partial charge in [0.05, 0.1) is 6.54 Å². The summed E-state index contributed by atoms with van der Waals surface area (Å²) in [5.74, 6) is 1.00. The van der Waals surface area contributed by atoms with Crippen molar-refractivity contribution < 1.29 is 24.5 Å². The number of ether oxygens (including phenoxy) is 2. The van der Waals surface area contributed by atoms with E-state index < -0.39 is 12.2 Å². The molecule has 7 heteroatoms. The Bertz CT molecular complexity index is 479. The molecule has 98 valence electrons. The number of hydrogen-bond acceptors (Lipinski definition) is 4. The minimum absolute atomic E-state index is 0.0479. The fourth-order valence-corrected chi connectivity index (χ4v) is 2.29. The van der Waals surface area contributed by atoms with Gasteiger partial charge in [0.1, 0.15) is 6.10 Å². The van der Waals surface area contributed by atoms with Crippen LogP contribution in [0.2, 0.25) is 0 Å². The van der Waals surface area contributed by atoms with Crippen molar-refractivity contribution in [3.05, 3.63) is 22.2 Å². The highest BCUT2D eigenvalue weighted by Gasteiger charge is 2.26. The fraction of sp³-hybridized carbons (Fsp3) is 0.364. The van der Waals surface area contributed by atoms with E-state index in [0.29, 0.717) is 21.5 Å². The molecule has 1 aromatic rings. The molecule has 18 heavy (non-hydrogen) atoms. The van der Waals surface area contributed by atoms with Gasteiger partial charge in [-0.05, 0) is 12.1 Å². The van der Waals surface area contributed by atoms with Crippen LogP contribution in [-0.2, 0) is 0 Å². The van der Waals surface area contributed by atoms with Crippen molar-refractivity contribution in [2.75, 3.05) is 20.4 Å². The number of amides is 1. The van der Waals surface area contributed by atoms with Crippen LogP contribution in [0.1, 0.15) is 11.7 Å². The van der Waals surface area contributed by atoms with Crippen LogP contribution in [-0.4, -0.2) is 41.6 Å². The molecule has 2 N–H and O–H groups in total. The first-order valence-corrected chi connectivity index (χ1v) is 6.00. The second-order valence-corrected chi connectivity index (χ2v) is 4.73. The summed E-state index contributed by atoms with van der Waals surface area (Å²) in [4.78, 5) is 11.7.